The third-order valence-corrected chi connectivity index (χ3v) is 9.30. The van der Waals surface area contributed by atoms with Gasteiger partial charge in [0.1, 0.15) is 29.9 Å². The number of aromatic nitrogens is 1. The number of amides is 1. The molecule has 8 nitrogen and oxygen atoms in total. The van der Waals surface area contributed by atoms with E-state index in [4.69, 9.17) is 42.4 Å². The molecule has 45 heavy (non-hydrogen) atoms. The molecular weight excluding hydrogens is 633 g/mol. The number of hydrogen-bond acceptors (Lipinski definition) is 7. The number of hydrogen-bond donors (Lipinski definition) is 0. The molecule has 2 heterocycles. The fourth-order valence-electron chi connectivity index (χ4n) is 5.27. The molecule has 0 spiro atoms. The number of methoxy groups -OCH3 is 2. The van der Waals surface area contributed by atoms with Crippen molar-refractivity contribution in [3.63, 3.8) is 0 Å². The number of ether oxygens (including phenoxy) is 3. The Kier molecular flexibility index (Phi) is 10.0. The molecule has 1 amide bonds. The summed E-state index contributed by atoms with van der Waals surface area (Å²) in [6, 6.07) is 17.4. The molecule has 0 N–H and O–H groups in total. The smallest absolute Gasteiger partial charge is 0.271 e. The Morgan fingerprint density at radius 1 is 1.00 bits per heavy atom. The molecule has 4 aromatic rings. The number of allylic oxidation sites excluding steroid dienone is 1. The summed E-state index contributed by atoms with van der Waals surface area (Å²) in [5, 5.41) is 0.944. The topological polar surface area (TPSA) is 82.4 Å². The molecule has 1 aliphatic heterocycles. The van der Waals surface area contributed by atoms with Crippen LogP contribution in [0, 0.1) is 0 Å². The van der Waals surface area contributed by atoms with Gasteiger partial charge in [-0.3, -0.25) is 14.2 Å². The third-order valence-electron chi connectivity index (χ3n) is 7.58. The first-order valence-electron chi connectivity index (χ1n) is 14.4. The van der Waals surface area contributed by atoms with Crippen LogP contribution < -0.4 is 29.1 Å². The minimum Gasteiger partial charge on any atom is -0.497 e. The van der Waals surface area contributed by atoms with Gasteiger partial charge in [-0.15, -0.1) is 0 Å². The van der Waals surface area contributed by atoms with Crippen molar-refractivity contribution < 1.29 is 19.0 Å². The normalized spacial score (nSPS) is 14.6. The van der Waals surface area contributed by atoms with Crippen LogP contribution in [0.5, 0.6) is 17.2 Å². The van der Waals surface area contributed by atoms with Crippen molar-refractivity contribution >= 4 is 46.5 Å². The van der Waals surface area contributed by atoms with Gasteiger partial charge < -0.3 is 19.1 Å². The van der Waals surface area contributed by atoms with E-state index in [1.54, 1.807) is 54.0 Å². The van der Waals surface area contributed by atoms with Gasteiger partial charge in [-0.1, -0.05) is 52.7 Å². The summed E-state index contributed by atoms with van der Waals surface area (Å²) in [6.45, 7) is 6.99. The Labute approximate surface area is 275 Å². The first kappa shape index (κ1) is 32.3. The van der Waals surface area contributed by atoms with Gasteiger partial charge in [0.05, 0.1) is 40.1 Å². The Morgan fingerprint density at radius 2 is 1.78 bits per heavy atom. The lowest BCUT2D eigenvalue weighted by atomic mass is 9.93. The average Bonchev–Trinajstić information content (AvgIpc) is 3.34. The van der Waals surface area contributed by atoms with Gasteiger partial charge in [-0.2, -0.15) is 0 Å². The summed E-state index contributed by atoms with van der Waals surface area (Å²) in [5.41, 5.74) is 2.98. The van der Waals surface area contributed by atoms with E-state index in [-0.39, 0.29) is 11.5 Å². The predicted molar refractivity (Wildman–Crippen MR) is 178 cm³/mol. The van der Waals surface area contributed by atoms with E-state index in [2.05, 4.69) is 0 Å². The van der Waals surface area contributed by atoms with Gasteiger partial charge in [-0.25, -0.2) is 4.99 Å². The number of fused-ring (bicyclic) bond motifs is 1. The first-order valence-corrected chi connectivity index (χ1v) is 16.0. The maximum Gasteiger partial charge on any atom is 0.271 e. The molecule has 0 saturated carbocycles. The zero-order valence-electron chi connectivity index (χ0n) is 25.6. The van der Waals surface area contributed by atoms with E-state index < -0.39 is 6.04 Å². The van der Waals surface area contributed by atoms with Crippen LogP contribution >= 0.6 is 34.5 Å². The number of thiazole rings is 1. The molecule has 0 aliphatic carbocycles. The second-order valence-electron chi connectivity index (χ2n) is 10.3. The second-order valence-corrected chi connectivity index (χ2v) is 12.1. The lowest BCUT2D eigenvalue weighted by Gasteiger charge is -2.30. The Morgan fingerprint density at radius 3 is 2.47 bits per heavy atom. The van der Waals surface area contributed by atoms with Crippen LogP contribution in [0.1, 0.15) is 43.5 Å². The highest BCUT2D eigenvalue weighted by molar-refractivity contribution is 7.07. The highest BCUT2D eigenvalue weighted by atomic mass is 35.5. The van der Waals surface area contributed by atoms with Crippen molar-refractivity contribution in [1.29, 1.82) is 0 Å². The summed E-state index contributed by atoms with van der Waals surface area (Å²) in [4.78, 5) is 35.1. The van der Waals surface area contributed by atoms with Gasteiger partial charge in [-0.05, 0) is 80.4 Å². The van der Waals surface area contributed by atoms with Crippen LogP contribution in [0.25, 0.3) is 6.08 Å². The van der Waals surface area contributed by atoms with Crippen LogP contribution in [-0.2, 0) is 11.4 Å². The van der Waals surface area contributed by atoms with E-state index in [9.17, 15) is 9.59 Å². The number of carbonyl (C=O) groups is 1. The van der Waals surface area contributed by atoms with Crippen molar-refractivity contribution in [1.82, 2.24) is 9.47 Å². The molecule has 0 bridgehead atoms. The number of carbonyl (C=O) groups excluding carboxylic acids is 1. The number of nitrogens with zero attached hydrogens (tertiary/aromatic N) is 3. The van der Waals surface area contributed by atoms with Crippen LogP contribution in [0.15, 0.2) is 81.7 Å². The summed E-state index contributed by atoms with van der Waals surface area (Å²) in [5.74, 6) is 1.55. The van der Waals surface area contributed by atoms with Crippen LogP contribution in [0.4, 0.5) is 0 Å². The van der Waals surface area contributed by atoms with E-state index in [1.165, 1.54) is 11.3 Å². The van der Waals surface area contributed by atoms with Crippen LogP contribution in [-0.4, -0.2) is 42.7 Å². The SMILES string of the molecule is CCN(CC)C(=O)C1=C(C)N=c2s/c(=C/c3cccc(OCc4ccc(Cl)c(Cl)c4)c3)c(=O)n2[C@H]1c1cc(OC)ccc1OC. The lowest BCUT2D eigenvalue weighted by molar-refractivity contribution is -0.127. The lowest BCUT2D eigenvalue weighted by Crippen LogP contribution is -2.43. The molecule has 5 rings (SSSR count). The highest BCUT2D eigenvalue weighted by Crippen LogP contribution is 2.38. The quantitative estimate of drug-likeness (QED) is 0.207. The van der Waals surface area contributed by atoms with Crippen molar-refractivity contribution in [2.24, 2.45) is 4.99 Å². The molecule has 0 unspecified atom stereocenters. The monoisotopic (exact) mass is 665 g/mol. The zero-order valence-corrected chi connectivity index (χ0v) is 27.9. The van der Waals surface area contributed by atoms with Crippen molar-refractivity contribution in [2.45, 2.75) is 33.4 Å². The highest BCUT2D eigenvalue weighted by Gasteiger charge is 2.36. The van der Waals surface area contributed by atoms with Gasteiger partial charge in [0, 0.05) is 18.7 Å². The molecule has 11 heteroatoms. The number of rotatable bonds is 10. The summed E-state index contributed by atoms with van der Waals surface area (Å²) in [6.07, 6.45) is 1.81. The van der Waals surface area contributed by atoms with E-state index in [0.717, 1.165) is 11.1 Å². The van der Waals surface area contributed by atoms with Gasteiger partial charge in [0.25, 0.3) is 11.5 Å². The van der Waals surface area contributed by atoms with E-state index >= 15 is 0 Å². The average molecular weight is 667 g/mol. The molecule has 1 atom stereocenters. The van der Waals surface area contributed by atoms with Crippen LogP contribution in [0.2, 0.25) is 10.0 Å². The van der Waals surface area contributed by atoms with Crippen molar-refractivity contribution in [2.75, 3.05) is 27.3 Å². The summed E-state index contributed by atoms with van der Waals surface area (Å²) in [7, 11) is 3.14. The molecular formula is C34H33Cl2N3O5S. The van der Waals surface area contributed by atoms with Crippen molar-refractivity contribution in [3.8, 4) is 17.2 Å². The largest absolute Gasteiger partial charge is 0.497 e. The molecule has 0 saturated heterocycles. The Hall–Kier alpha value is -4.05. The number of benzene rings is 3. The van der Waals surface area contributed by atoms with Crippen LogP contribution in [0.3, 0.4) is 0 Å². The fourth-order valence-corrected chi connectivity index (χ4v) is 6.63. The zero-order chi connectivity index (χ0) is 32.2. The Balaban J connectivity index is 1.60. The van der Waals surface area contributed by atoms with Gasteiger partial charge in [0.15, 0.2) is 4.80 Å². The minimum absolute atomic E-state index is 0.183. The number of halogens is 2. The molecule has 0 radical (unpaired) electrons. The predicted octanol–water partition coefficient (Wildman–Crippen LogP) is 6.01. The maximum atomic E-state index is 14.2. The summed E-state index contributed by atoms with van der Waals surface area (Å²) >= 11 is 13.4. The van der Waals surface area contributed by atoms with Gasteiger partial charge in [0.2, 0.25) is 0 Å². The standard InChI is InChI=1S/C34H33Cl2N3O5S/c1-6-38(7-2)33(41)30-20(3)37-34-39(31(30)25-18-23(42-4)12-14-28(25)43-5)32(40)29(45-34)17-21-9-8-10-24(15-21)44-19-22-11-13-26(35)27(36)16-22/h8-18,31H,6-7,19H2,1-5H3/b29-17+/t31-/m0/s1. The molecule has 1 aromatic heterocycles. The van der Waals surface area contributed by atoms with Gasteiger partial charge >= 0.3 is 0 Å². The number of likely N-dealkylation sites (N-methyl/N-ethyl adjacent to an activating group) is 1. The van der Waals surface area contributed by atoms with E-state index in [0.29, 0.717) is 73.2 Å². The molecule has 3 aromatic carbocycles. The Bertz CT molecular complexity index is 1960. The minimum atomic E-state index is -0.776. The third kappa shape index (κ3) is 6.66. The molecule has 234 valence electrons. The fraction of sp³-hybridized carbons (Fsp3) is 0.265. The van der Waals surface area contributed by atoms with Crippen molar-refractivity contribution in [3.05, 3.63) is 118 Å². The first-order chi connectivity index (χ1) is 21.7. The van der Waals surface area contributed by atoms with E-state index in [1.807, 2.05) is 57.2 Å². The summed E-state index contributed by atoms with van der Waals surface area (Å²) < 4.78 is 19.3. The molecule has 0 fully saturated rings. The molecule has 1 aliphatic rings. The second kappa shape index (κ2) is 13.9. The maximum absolute atomic E-state index is 14.2.